The summed E-state index contributed by atoms with van der Waals surface area (Å²) in [7, 11) is 0. The number of carbonyl (C=O) groups is 2. The van der Waals surface area contributed by atoms with Gasteiger partial charge < -0.3 is 19.3 Å². The lowest BCUT2D eigenvalue weighted by molar-refractivity contribution is -0.142. The van der Waals surface area contributed by atoms with E-state index in [9.17, 15) is 9.59 Å². The van der Waals surface area contributed by atoms with E-state index in [2.05, 4.69) is 10.2 Å². The molecule has 5 rings (SSSR count). The van der Waals surface area contributed by atoms with Gasteiger partial charge in [-0.25, -0.2) is 0 Å². The number of nitrogens with zero attached hydrogens (tertiary/aromatic N) is 3. The minimum absolute atomic E-state index is 0.116. The molecule has 0 saturated carbocycles. The molecule has 8 heteroatoms. The van der Waals surface area contributed by atoms with Crippen molar-refractivity contribution in [2.24, 2.45) is 0 Å². The topological polar surface area (TPSA) is 87.8 Å². The zero-order valence-electron chi connectivity index (χ0n) is 16.9. The van der Waals surface area contributed by atoms with Gasteiger partial charge in [-0.15, -0.1) is 0 Å². The molecule has 0 aliphatic carbocycles. The molecule has 0 unspecified atom stereocenters. The van der Waals surface area contributed by atoms with E-state index < -0.39 is 6.10 Å². The molecule has 1 saturated heterocycles. The molecule has 1 atom stereocenters. The number of hydrogen-bond acceptors (Lipinski definition) is 5. The summed E-state index contributed by atoms with van der Waals surface area (Å²) < 4.78 is 11.5. The molecule has 2 aliphatic rings. The Kier molecular flexibility index (Phi) is 5.03. The Bertz CT molecular complexity index is 1090. The van der Waals surface area contributed by atoms with Crippen molar-refractivity contribution in [2.45, 2.75) is 6.10 Å². The smallest absolute Gasteiger partial charge is 0.272 e. The fourth-order valence-electron chi connectivity index (χ4n) is 3.83. The number of benzene rings is 2. The first-order chi connectivity index (χ1) is 15.2. The number of aromatic amines is 1. The van der Waals surface area contributed by atoms with Gasteiger partial charge in [0.15, 0.2) is 11.5 Å². The SMILES string of the molecule is O=C(c1cc(-c2ccccc2)n[nH]1)N1CCN(C(=O)[C@H]2COc3ccccc3O2)CC1. The Morgan fingerprint density at radius 1 is 0.903 bits per heavy atom. The van der Waals surface area contributed by atoms with Crippen molar-refractivity contribution >= 4 is 11.8 Å². The van der Waals surface area contributed by atoms with Crippen molar-refractivity contribution in [2.75, 3.05) is 32.8 Å². The number of nitrogens with one attached hydrogen (secondary N) is 1. The second kappa shape index (κ2) is 8.14. The molecular formula is C23H22N4O4. The second-order valence-corrected chi connectivity index (χ2v) is 7.51. The van der Waals surface area contributed by atoms with Crippen molar-refractivity contribution in [3.63, 3.8) is 0 Å². The van der Waals surface area contributed by atoms with Crippen LogP contribution in [-0.4, -0.2) is 70.7 Å². The molecule has 2 aliphatic heterocycles. The van der Waals surface area contributed by atoms with Gasteiger partial charge in [0, 0.05) is 31.7 Å². The predicted molar refractivity (Wildman–Crippen MR) is 113 cm³/mol. The number of ether oxygens (including phenoxy) is 2. The monoisotopic (exact) mass is 418 g/mol. The van der Waals surface area contributed by atoms with Crippen LogP contribution in [0.1, 0.15) is 10.5 Å². The van der Waals surface area contributed by atoms with Gasteiger partial charge in [-0.3, -0.25) is 14.7 Å². The summed E-state index contributed by atoms with van der Waals surface area (Å²) in [6.45, 7) is 1.99. The minimum Gasteiger partial charge on any atom is -0.485 e. The molecule has 158 valence electrons. The number of carbonyl (C=O) groups excluding carboxylic acids is 2. The van der Waals surface area contributed by atoms with E-state index in [4.69, 9.17) is 9.47 Å². The highest BCUT2D eigenvalue weighted by atomic mass is 16.6. The Hall–Kier alpha value is -3.81. The normalized spacial score (nSPS) is 18.0. The summed E-state index contributed by atoms with van der Waals surface area (Å²) in [5, 5.41) is 7.10. The zero-order valence-corrected chi connectivity index (χ0v) is 16.9. The van der Waals surface area contributed by atoms with Crippen LogP contribution in [0.2, 0.25) is 0 Å². The lowest BCUT2D eigenvalue weighted by Gasteiger charge is -2.37. The van der Waals surface area contributed by atoms with Crippen molar-refractivity contribution in [3.05, 3.63) is 66.4 Å². The average molecular weight is 418 g/mol. The third-order valence-electron chi connectivity index (χ3n) is 5.54. The molecule has 1 fully saturated rings. The first-order valence-electron chi connectivity index (χ1n) is 10.3. The number of fused-ring (bicyclic) bond motifs is 1. The standard InChI is InChI=1S/C23H22N4O4/c28-22(18-14-17(24-25-18)16-6-2-1-3-7-16)26-10-12-27(13-11-26)23(29)21-15-30-19-8-4-5-9-20(19)31-21/h1-9,14,21H,10-13,15H2,(H,24,25)/t21-/m1/s1. The van der Waals surface area contributed by atoms with E-state index in [1.807, 2.05) is 48.5 Å². The molecule has 1 aromatic heterocycles. The van der Waals surface area contributed by atoms with E-state index in [-0.39, 0.29) is 18.4 Å². The summed E-state index contributed by atoms with van der Waals surface area (Å²) in [6.07, 6.45) is -0.668. The third kappa shape index (κ3) is 3.84. The van der Waals surface area contributed by atoms with Crippen LogP contribution < -0.4 is 9.47 Å². The van der Waals surface area contributed by atoms with Crippen molar-refractivity contribution in [3.8, 4) is 22.8 Å². The van der Waals surface area contributed by atoms with Crippen molar-refractivity contribution in [1.82, 2.24) is 20.0 Å². The van der Waals surface area contributed by atoms with Gasteiger partial charge in [0.05, 0.1) is 5.69 Å². The van der Waals surface area contributed by atoms with Crippen LogP contribution in [0, 0.1) is 0 Å². The van der Waals surface area contributed by atoms with E-state index in [1.54, 1.807) is 21.9 Å². The van der Waals surface area contributed by atoms with Gasteiger partial charge in [0.2, 0.25) is 6.10 Å². The van der Waals surface area contributed by atoms with Crippen molar-refractivity contribution < 1.29 is 19.1 Å². The Balaban J connectivity index is 1.18. The van der Waals surface area contributed by atoms with Gasteiger partial charge in [0.1, 0.15) is 12.3 Å². The maximum absolute atomic E-state index is 12.9. The Morgan fingerprint density at radius 3 is 2.35 bits per heavy atom. The summed E-state index contributed by atoms with van der Waals surface area (Å²) in [4.78, 5) is 29.2. The number of amides is 2. The number of aromatic nitrogens is 2. The molecule has 2 aromatic carbocycles. The van der Waals surface area contributed by atoms with Crippen molar-refractivity contribution in [1.29, 1.82) is 0 Å². The first-order valence-corrected chi connectivity index (χ1v) is 10.3. The molecule has 8 nitrogen and oxygen atoms in total. The molecule has 3 heterocycles. The van der Waals surface area contributed by atoms with Gasteiger partial charge in [0.25, 0.3) is 11.8 Å². The molecule has 0 radical (unpaired) electrons. The van der Waals surface area contributed by atoms with Gasteiger partial charge in [-0.05, 0) is 18.2 Å². The fourth-order valence-corrected chi connectivity index (χ4v) is 3.83. The molecule has 3 aromatic rings. The van der Waals surface area contributed by atoms with E-state index >= 15 is 0 Å². The lowest BCUT2D eigenvalue weighted by atomic mass is 10.1. The largest absolute Gasteiger partial charge is 0.485 e. The van der Waals surface area contributed by atoms with Gasteiger partial charge in [-0.2, -0.15) is 5.10 Å². The second-order valence-electron chi connectivity index (χ2n) is 7.51. The molecule has 31 heavy (non-hydrogen) atoms. The molecule has 0 bridgehead atoms. The Morgan fingerprint density at radius 2 is 1.58 bits per heavy atom. The van der Waals surface area contributed by atoms with E-state index in [1.165, 1.54) is 0 Å². The van der Waals surface area contributed by atoms with Crippen LogP contribution in [0.5, 0.6) is 11.5 Å². The molecule has 2 amide bonds. The number of para-hydroxylation sites is 2. The summed E-state index contributed by atoms with van der Waals surface area (Å²) >= 11 is 0. The van der Waals surface area contributed by atoms with Gasteiger partial charge >= 0.3 is 0 Å². The highest BCUT2D eigenvalue weighted by Gasteiger charge is 2.33. The summed E-state index contributed by atoms with van der Waals surface area (Å²) in [5.41, 5.74) is 2.12. The molecule has 1 N–H and O–H groups in total. The number of rotatable bonds is 3. The van der Waals surface area contributed by atoms with Crippen LogP contribution in [0.3, 0.4) is 0 Å². The molecular weight excluding hydrogens is 396 g/mol. The van der Waals surface area contributed by atoms with E-state index in [0.29, 0.717) is 43.4 Å². The third-order valence-corrected chi connectivity index (χ3v) is 5.54. The highest BCUT2D eigenvalue weighted by molar-refractivity contribution is 5.93. The maximum Gasteiger partial charge on any atom is 0.272 e. The van der Waals surface area contributed by atoms with Crippen LogP contribution in [0.15, 0.2) is 60.7 Å². The highest BCUT2D eigenvalue weighted by Crippen LogP contribution is 2.31. The van der Waals surface area contributed by atoms with Crippen LogP contribution in [-0.2, 0) is 4.79 Å². The van der Waals surface area contributed by atoms with Gasteiger partial charge in [-0.1, -0.05) is 42.5 Å². The lowest BCUT2D eigenvalue weighted by Crippen LogP contribution is -2.55. The number of hydrogen-bond donors (Lipinski definition) is 1. The van der Waals surface area contributed by atoms with Crippen LogP contribution in [0.25, 0.3) is 11.3 Å². The number of piperazine rings is 1. The maximum atomic E-state index is 12.9. The van der Waals surface area contributed by atoms with Crippen LogP contribution in [0.4, 0.5) is 0 Å². The quantitative estimate of drug-likeness (QED) is 0.705. The van der Waals surface area contributed by atoms with Crippen LogP contribution >= 0.6 is 0 Å². The van der Waals surface area contributed by atoms with E-state index in [0.717, 1.165) is 11.3 Å². The summed E-state index contributed by atoms with van der Waals surface area (Å²) in [5.74, 6) is 0.994. The number of H-pyrrole nitrogens is 1. The Labute approximate surface area is 179 Å². The first kappa shape index (κ1) is 19.2. The fraction of sp³-hybridized carbons (Fsp3) is 0.261. The minimum atomic E-state index is -0.668. The zero-order chi connectivity index (χ0) is 21.2. The molecule has 0 spiro atoms. The average Bonchev–Trinajstić information content (AvgIpc) is 3.34. The predicted octanol–water partition coefficient (Wildman–Crippen LogP) is 2.20. The summed E-state index contributed by atoms with van der Waals surface area (Å²) in [6, 6.07) is 18.8.